The Morgan fingerprint density at radius 1 is 1.62 bits per heavy atom. The molecule has 0 bridgehead atoms. The Hall–Kier alpha value is -0.830. The van der Waals surface area contributed by atoms with Gasteiger partial charge in [0.2, 0.25) is 5.15 Å². The van der Waals surface area contributed by atoms with Gasteiger partial charge in [0.1, 0.15) is 5.69 Å². The highest BCUT2D eigenvalue weighted by molar-refractivity contribution is 6.30. The topological polar surface area (TPSA) is 39.8 Å². The molecule has 0 aliphatic heterocycles. The summed E-state index contributed by atoms with van der Waals surface area (Å²) in [6.45, 7) is 4.18. The summed E-state index contributed by atoms with van der Waals surface area (Å²) in [5.74, 6) is 0. The summed E-state index contributed by atoms with van der Waals surface area (Å²) in [6, 6.07) is 0. The number of nitrogens with zero attached hydrogens (tertiary/aromatic N) is 2. The number of rotatable bonds is 0. The minimum absolute atomic E-state index is 0.00711. The molecule has 0 amide bonds. The number of hydrogen-bond acceptors (Lipinski definition) is 2. The molecule has 0 aromatic carbocycles. The first-order valence-electron chi connectivity index (χ1n) is 4.29. The van der Waals surface area contributed by atoms with Gasteiger partial charge in [-0.1, -0.05) is 13.8 Å². The summed E-state index contributed by atoms with van der Waals surface area (Å²) >= 11 is 5.96. The molecule has 2 rings (SSSR count). The number of halogens is 1. The van der Waals surface area contributed by atoms with E-state index in [1.54, 1.807) is 0 Å². The lowest BCUT2D eigenvalue weighted by Crippen LogP contribution is -2.33. The van der Waals surface area contributed by atoms with Gasteiger partial charge in [0.05, 0.1) is 5.56 Å². The average molecular weight is 199 g/mol. The van der Waals surface area contributed by atoms with Crippen molar-refractivity contribution in [3.05, 3.63) is 27.9 Å². The Bertz CT molecular complexity index is 363. The first kappa shape index (κ1) is 8.75. The molecule has 0 fully saturated rings. The minimum atomic E-state index is -0.00711. The van der Waals surface area contributed by atoms with Crippen molar-refractivity contribution < 1.29 is 4.73 Å². The van der Waals surface area contributed by atoms with E-state index in [-0.39, 0.29) is 5.41 Å². The zero-order valence-corrected chi connectivity index (χ0v) is 8.43. The Balaban J connectivity index is 2.70. The summed E-state index contributed by atoms with van der Waals surface area (Å²) < 4.78 is 0.829. The molecule has 0 spiro atoms. The minimum Gasteiger partial charge on any atom is -0.711 e. The first-order chi connectivity index (χ1) is 6.02. The molecule has 0 atom stereocenters. The summed E-state index contributed by atoms with van der Waals surface area (Å²) in [5, 5.41) is 11.8. The highest BCUT2D eigenvalue weighted by atomic mass is 35.5. The number of hydrogen-bond donors (Lipinski definition) is 0. The van der Waals surface area contributed by atoms with Crippen molar-refractivity contribution in [2.24, 2.45) is 0 Å². The normalized spacial score (nSPS) is 18.7. The Morgan fingerprint density at radius 2 is 2.31 bits per heavy atom. The van der Waals surface area contributed by atoms with Crippen molar-refractivity contribution in [1.29, 1.82) is 0 Å². The highest BCUT2D eigenvalue weighted by Crippen LogP contribution is 2.39. The van der Waals surface area contributed by atoms with Crippen LogP contribution < -0.4 is 4.73 Å². The average Bonchev–Trinajstić information content (AvgIpc) is 2.36. The molecule has 3 nitrogen and oxygen atoms in total. The monoisotopic (exact) mass is 198 g/mol. The fourth-order valence-corrected chi connectivity index (χ4v) is 2.34. The van der Waals surface area contributed by atoms with Crippen LogP contribution in [0.2, 0.25) is 5.15 Å². The van der Waals surface area contributed by atoms with Crippen LogP contribution in [-0.4, -0.2) is 4.98 Å². The molecule has 4 heteroatoms. The van der Waals surface area contributed by atoms with E-state index in [1.807, 2.05) is 0 Å². The molecule has 70 valence electrons. The molecular formula is C9H11ClN2O. The molecule has 13 heavy (non-hydrogen) atoms. The van der Waals surface area contributed by atoms with E-state index in [1.165, 1.54) is 6.33 Å². The van der Waals surface area contributed by atoms with Crippen molar-refractivity contribution in [1.82, 2.24) is 4.98 Å². The fourth-order valence-electron chi connectivity index (χ4n) is 1.93. The van der Waals surface area contributed by atoms with Gasteiger partial charge in [-0.3, -0.25) is 0 Å². The SMILES string of the molecule is CC1(C)CCc2c1c(Cl)nc[n+]2[O-]. The quantitative estimate of drug-likeness (QED) is 0.361. The molecule has 1 heterocycles. The molecule has 1 aliphatic rings. The maximum atomic E-state index is 11.3. The first-order valence-corrected chi connectivity index (χ1v) is 4.67. The van der Waals surface area contributed by atoms with Gasteiger partial charge >= 0.3 is 0 Å². The zero-order valence-electron chi connectivity index (χ0n) is 7.67. The standard InChI is InChI=1S/C9H11ClN2O/c1-9(2)4-3-6-7(9)8(10)11-5-12(6)13/h5H,3-4H2,1-2H3. The molecule has 0 N–H and O–H groups in total. The second-order valence-corrected chi connectivity index (χ2v) is 4.42. The van der Waals surface area contributed by atoms with E-state index in [0.29, 0.717) is 5.15 Å². The van der Waals surface area contributed by atoms with Gasteiger partial charge in [-0.15, -0.1) is 0 Å². The van der Waals surface area contributed by atoms with Gasteiger partial charge in [0, 0.05) is 6.42 Å². The fraction of sp³-hybridized carbons (Fsp3) is 0.556. The molecule has 0 saturated heterocycles. The van der Waals surface area contributed by atoms with Crippen molar-refractivity contribution in [2.75, 3.05) is 0 Å². The van der Waals surface area contributed by atoms with Crippen molar-refractivity contribution in [3.63, 3.8) is 0 Å². The number of aromatic nitrogens is 2. The van der Waals surface area contributed by atoms with Crippen LogP contribution >= 0.6 is 11.6 Å². The van der Waals surface area contributed by atoms with Crippen molar-refractivity contribution >= 4 is 11.6 Å². The van der Waals surface area contributed by atoms with E-state index in [2.05, 4.69) is 18.8 Å². The summed E-state index contributed by atoms with van der Waals surface area (Å²) in [5.41, 5.74) is 1.70. The molecule has 1 aliphatic carbocycles. The Labute approximate surface area is 82.0 Å². The molecule has 1 aromatic rings. The second kappa shape index (κ2) is 2.58. The van der Waals surface area contributed by atoms with Crippen LogP contribution in [0.4, 0.5) is 0 Å². The molecule has 0 unspecified atom stereocenters. The van der Waals surface area contributed by atoms with Gasteiger partial charge in [-0.2, -0.15) is 0 Å². The van der Waals surface area contributed by atoms with Crippen LogP contribution in [0.25, 0.3) is 0 Å². The molecule has 0 saturated carbocycles. The largest absolute Gasteiger partial charge is 0.711 e. The lowest BCUT2D eigenvalue weighted by molar-refractivity contribution is -0.617. The highest BCUT2D eigenvalue weighted by Gasteiger charge is 2.37. The van der Waals surface area contributed by atoms with Gasteiger partial charge in [0.25, 0.3) is 6.33 Å². The van der Waals surface area contributed by atoms with Crippen LogP contribution in [0.5, 0.6) is 0 Å². The van der Waals surface area contributed by atoms with Crippen LogP contribution in [0.1, 0.15) is 31.5 Å². The van der Waals surface area contributed by atoms with Crippen molar-refractivity contribution in [2.45, 2.75) is 32.1 Å². The van der Waals surface area contributed by atoms with E-state index < -0.39 is 0 Å². The van der Waals surface area contributed by atoms with Crippen LogP contribution in [0.3, 0.4) is 0 Å². The maximum Gasteiger partial charge on any atom is 0.291 e. The van der Waals surface area contributed by atoms with Gasteiger partial charge in [-0.25, -0.2) is 4.73 Å². The predicted octanol–water partition coefficient (Wildman–Crippen LogP) is 1.59. The zero-order chi connectivity index (χ0) is 9.64. The third-order valence-electron chi connectivity index (χ3n) is 2.70. The van der Waals surface area contributed by atoms with E-state index in [9.17, 15) is 5.21 Å². The van der Waals surface area contributed by atoms with Crippen molar-refractivity contribution in [3.8, 4) is 0 Å². The van der Waals surface area contributed by atoms with Gasteiger partial charge in [-0.05, 0) is 28.4 Å². The maximum absolute atomic E-state index is 11.3. The smallest absolute Gasteiger partial charge is 0.291 e. The van der Waals surface area contributed by atoms with E-state index in [4.69, 9.17) is 11.6 Å². The molecule has 1 aromatic heterocycles. The molecular weight excluding hydrogens is 188 g/mol. The van der Waals surface area contributed by atoms with E-state index >= 15 is 0 Å². The van der Waals surface area contributed by atoms with Gasteiger partial charge < -0.3 is 5.21 Å². The third kappa shape index (κ3) is 1.18. The van der Waals surface area contributed by atoms with Crippen LogP contribution in [-0.2, 0) is 11.8 Å². The Morgan fingerprint density at radius 3 is 2.92 bits per heavy atom. The Kier molecular flexibility index (Phi) is 1.74. The second-order valence-electron chi connectivity index (χ2n) is 4.07. The van der Waals surface area contributed by atoms with Crippen LogP contribution in [0, 0.1) is 5.21 Å². The molecule has 0 radical (unpaired) electrons. The number of fused-ring (bicyclic) bond motifs is 1. The predicted molar refractivity (Wildman–Crippen MR) is 49.6 cm³/mol. The lowest BCUT2D eigenvalue weighted by atomic mass is 9.88. The van der Waals surface area contributed by atoms with E-state index in [0.717, 1.165) is 28.8 Å². The lowest BCUT2D eigenvalue weighted by Gasteiger charge is -2.17. The summed E-state index contributed by atoms with van der Waals surface area (Å²) in [6.07, 6.45) is 3.01. The summed E-state index contributed by atoms with van der Waals surface area (Å²) in [4.78, 5) is 3.86. The third-order valence-corrected chi connectivity index (χ3v) is 2.99. The van der Waals surface area contributed by atoms with Crippen LogP contribution in [0.15, 0.2) is 6.33 Å². The summed E-state index contributed by atoms with van der Waals surface area (Å²) in [7, 11) is 0. The van der Waals surface area contributed by atoms with Gasteiger partial charge in [0.15, 0.2) is 0 Å².